The minimum atomic E-state index is -0.267. The molecule has 3 heteroatoms. The van der Waals surface area contributed by atoms with Gasteiger partial charge < -0.3 is 0 Å². The molecule has 1 heterocycles. The van der Waals surface area contributed by atoms with Crippen LogP contribution in [0.3, 0.4) is 0 Å². The van der Waals surface area contributed by atoms with Crippen molar-refractivity contribution in [2.45, 2.75) is 0 Å². The lowest BCUT2D eigenvalue weighted by molar-refractivity contribution is 0.638. The van der Waals surface area contributed by atoms with E-state index in [1.54, 1.807) is 18.2 Å². The van der Waals surface area contributed by atoms with E-state index in [-0.39, 0.29) is 5.82 Å². The van der Waals surface area contributed by atoms with Crippen LogP contribution in [0.4, 0.5) is 4.39 Å². The van der Waals surface area contributed by atoms with Crippen LogP contribution in [0.5, 0.6) is 0 Å². The zero-order chi connectivity index (χ0) is 8.55. The molecule has 0 N–H and O–H groups in total. The van der Waals surface area contributed by atoms with Crippen LogP contribution in [-0.4, -0.2) is 4.98 Å². The molecular formula is C9H5ClFN. The maximum absolute atomic E-state index is 13.0. The van der Waals surface area contributed by atoms with Gasteiger partial charge in [-0.2, -0.15) is 0 Å². The third-order valence-electron chi connectivity index (χ3n) is 1.65. The minimum absolute atomic E-state index is 0.267. The maximum Gasteiger partial charge on any atom is 0.134 e. The van der Waals surface area contributed by atoms with Crippen LogP contribution in [-0.2, 0) is 0 Å². The average Bonchev–Trinajstić information content (AvgIpc) is 2.04. The summed E-state index contributed by atoms with van der Waals surface area (Å²) >= 11 is 5.71. The molecule has 12 heavy (non-hydrogen) atoms. The van der Waals surface area contributed by atoms with Crippen molar-refractivity contribution < 1.29 is 4.39 Å². The lowest BCUT2D eigenvalue weighted by atomic mass is 10.2. The van der Waals surface area contributed by atoms with Crippen molar-refractivity contribution >= 4 is 22.5 Å². The third kappa shape index (κ3) is 1.14. The van der Waals surface area contributed by atoms with Gasteiger partial charge in [0, 0.05) is 16.6 Å². The number of halogens is 2. The molecule has 0 aliphatic heterocycles. The highest BCUT2D eigenvalue weighted by atomic mass is 35.5. The first-order chi connectivity index (χ1) is 5.77. The average molecular weight is 182 g/mol. The quantitative estimate of drug-likeness (QED) is 0.609. The number of fused-ring (bicyclic) bond motifs is 1. The summed E-state index contributed by atoms with van der Waals surface area (Å²) in [6.07, 6.45) is 1.42. The number of rotatable bonds is 0. The van der Waals surface area contributed by atoms with Crippen LogP contribution in [0.1, 0.15) is 0 Å². The van der Waals surface area contributed by atoms with Gasteiger partial charge in [-0.1, -0.05) is 11.6 Å². The van der Waals surface area contributed by atoms with Crippen LogP contribution in [0.2, 0.25) is 5.02 Å². The van der Waals surface area contributed by atoms with Crippen molar-refractivity contribution in [1.29, 1.82) is 0 Å². The molecule has 2 aromatic rings. The standard InChI is InChI=1S/C9H5ClFN/c10-6-1-2-7-8(11)3-4-12-9(7)5-6/h1-5H. The Hall–Kier alpha value is -1.15. The molecule has 0 fully saturated rings. The molecule has 0 aliphatic rings. The van der Waals surface area contributed by atoms with Crippen molar-refractivity contribution in [1.82, 2.24) is 4.98 Å². The van der Waals surface area contributed by atoms with Crippen LogP contribution in [0, 0.1) is 5.82 Å². The Labute approximate surface area is 73.8 Å². The molecule has 60 valence electrons. The Kier molecular flexibility index (Phi) is 1.70. The molecule has 0 aliphatic carbocycles. The predicted octanol–water partition coefficient (Wildman–Crippen LogP) is 3.03. The van der Waals surface area contributed by atoms with E-state index >= 15 is 0 Å². The summed E-state index contributed by atoms with van der Waals surface area (Å²) in [5, 5.41) is 1.07. The summed E-state index contributed by atoms with van der Waals surface area (Å²) in [4.78, 5) is 3.98. The Morgan fingerprint density at radius 2 is 2.08 bits per heavy atom. The zero-order valence-corrected chi connectivity index (χ0v) is 6.85. The number of hydrogen-bond donors (Lipinski definition) is 0. The number of benzene rings is 1. The maximum atomic E-state index is 13.0. The summed E-state index contributed by atoms with van der Waals surface area (Å²) in [6, 6.07) is 6.24. The normalized spacial score (nSPS) is 10.5. The number of nitrogens with zero attached hydrogens (tertiary/aromatic N) is 1. The second-order valence-electron chi connectivity index (χ2n) is 2.45. The van der Waals surface area contributed by atoms with E-state index in [0.717, 1.165) is 0 Å². The van der Waals surface area contributed by atoms with Crippen LogP contribution >= 0.6 is 11.6 Å². The van der Waals surface area contributed by atoms with Gasteiger partial charge in [0.1, 0.15) is 5.82 Å². The fraction of sp³-hybridized carbons (Fsp3) is 0. The molecule has 0 saturated carbocycles. The van der Waals surface area contributed by atoms with Gasteiger partial charge in [0.25, 0.3) is 0 Å². The largest absolute Gasteiger partial charge is 0.256 e. The van der Waals surface area contributed by atoms with Crippen LogP contribution < -0.4 is 0 Å². The Bertz CT molecular complexity index is 428. The molecule has 0 saturated heterocycles. The molecular weight excluding hydrogens is 177 g/mol. The highest BCUT2D eigenvalue weighted by molar-refractivity contribution is 6.31. The van der Waals surface area contributed by atoms with Crippen LogP contribution in [0.15, 0.2) is 30.5 Å². The molecule has 0 amide bonds. The second kappa shape index (κ2) is 2.72. The summed E-state index contributed by atoms with van der Waals surface area (Å²) in [6.45, 7) is 0. The van der Waals surface area contributed by atoms with Crippen molar-refractivity contribution in [3.8, 4) is 0 Å². The monoisotopic (exact) mass is 181 g/mol. The number of pyridine rings is 1. The fourth-order valence-corrected chi connectivity index (χ4v) is 1.25. The van der Waals surface area contributed by atoms with Gasteiger partial charge >= 0.3 is 0 Å². The molecule has 0 radical (unpaired) electrons. The lowest BCUT2D eigenvalue weighted by Crippen LogP contribution is -1.81. The van der Waals surface area contributed by atoms with Crippen LogP contribution in [0.25, 0.3) is 10.9 Å². The van der Waals surface area contributed by atoms with E-state index in [2.05, 4.69) is 4.98 Å². The Balaban J connectivity index is 2.86. The van der Waals surface area contributed by atoms with Gasteiger partial charge in [-0.15, -0.1) is 0 Å². The highest BCUT2D eigenvalue weighted by Gasteiger charge is 2.00. The molecule has 1 aromatic heterocycles. The van der Waals surface area contributed by atoms with E-state index in [1.165, 1.54) is 12.3 Å². The van der Waals surface area contributed by atoms with Crippen molar-refractivity contribution in [3.05, 3.63) is 41.3 Å². The molecule has 0 atom stereocenters. The lowest BCUT2D eigenvalue weighted by Gasteiger charge is -1.97. The highest BCUT2D eigenvalue weighted by Crippen LogP contribution is 2.19. The SMILES string of the molecule is Fc1ccnc2cc(Cl)ccc12. The van der Waals surface area contributed by atoms with Gasteiger partial charge in [-0.3, -0.25) is 4.98 Å². The van der Waals surface area contributed by atoms with Crippen molar-refractivity contribution in [2.75, 3.05) is 0 Å². The number of hydrogen-bond acceptors (Lipinski definition) is 1. The van der Waals surface area contributed by atoms with E-state index in [0.29, 0.717) is 15.9 Å². The van der Waals surface area contributed by atoms with E-state index in [9.17, 15) is 4.39 Å². The van der Waals surface area contributed by atoms with E-state index < -0.39 is 0 Å². The molecule has 1 nitrogen and oxygen atoms in total. The van der Waals surface area contributed by atoms with Gasteiger partial charge in [-0.25, -0.2) is 4.39 Å². The van der Waals surface area contributed by atoms with Gasteiger partial charge in [0.2, 0.25) is 0 Å². The first-order valence-corrected chi connectivity index (χ1v) is 3.85. The number of aromatic nitrogens is 1. The summed E-state index contributed by atoms with van der Waals surface area (Å²) in [7, 11) is 0. The first kappa shape index (κ1) is 7.50. The Morgan fingerprint density at radius 1 is 1.25 bits per heavy atom. The molecule has 0 unspecified atom stereocenters. The first-order valence-electron chi connectivity index (χ1n) is 3.47. The smallest absolute Gasteiger partial charge is 0.134 e. The van der Waals surface area contributed by atoms with Crippen molar-refractivity contribution in [2.24, 2.45) is 0 Å². The zero-order valence-electron chi connectivity index (χ0n) is 6.09. The molecule has 1 aromatic carbocycles. The fourth-order valence-electron chi connectivity index (χ4n) is 1.09. The molecule has 2 rings (SSSR count). The summed E-state index contributed by atoms with van der Waals surface area (Å²) in [5.41, 5.74) is 0.586. The van der Waals surface area contributed by atoms with Gasteiger partial charge in [-0.05, 0) is 24.3 Å². The predicted molar refractivity (Wildman–Crippen MR) is 46.7 cm³/mol. The Morgan fingerprint density at radius 3 is 2.92 bits per heavy atom. The second-order valence-corrected chi connectivity index (χ2v) is 2.89. The summed E-state index contributed by atoms with van der Waals surface area (Å²) in [5.74, 6) is -0.267. The topological polar surface area (TPSA) is 12.9 Å². The van der Waals surface area contributed by atoms with E-state index in [4.69, 9.17) is 11.6 Å². The molecule has 0 spiro atoms. The van der Waals surface area contributed by atoms with Gasteiger partial charge in [0.05, 0.1) is 5.52 Å². The third-order valence-corrected chi connectivity index (χ3v) is 1.89. The molecule has 0 bridgehead atoms. The van der Waals surface area contributed by atoms with Gasteiger partial charge in [0.15, 0.2) is 0 Å². The van der Waals surface area contributed by atoms with Crippen molar-refractivity contribution in [3.63, 3.8) is 0 Å². The van der Waals surface area contributed by atoms with E-state index in [1.807, 2.05) is 0 Å². The minimum Gasteiger partial charge on any atom is -0.256 e. The summed E-state index contributed by atoms with van der Waals surface area (Å²) < 4.78 is 13.0.